The third-order valence-corrected chi connectivity index (χ3v) is 24.3. The van der Waals surface area contributed by atoms with Crippen molar-refractivity contribution in [2.75, 3.05) is 39.6 Å². The molecular weight excluding hydrogens is 1290 g/mol. The minimum atomic E-state index is -0.274. The third-order valence-electron chi connectivity index (χ3n) is 16.9. The number of carbonyl (C=O) groups excluding carboxylic acids is 2. The average molecular weight is 1380 g/mol. The van der Waals surface area contributed by atoms with Gasteiger partial charge in [0, 0.05) is 48.8 Å². The van der Waals surface area contributed by atoms with Crippen LogP contribution in [0.2, 0.25) is 0 Å². The number of carbonyl (C=O) groups is 2. The molecule has 6 aromatic heterocycles. The van der Waals surface area contributed by atoms with Crippen molar-refractivity contribution in [2.45, 2.75) is 196 Å². The average Bonchev–Trinajstić information content (AvgIpc) is 1.58. The third kappa shape index (κ3) is 18.7. The van der Waals surface area contributed by atoms with Crippen molar-refractivity contribution in [1.82, 2.24) is 10.6 Å². The molecule has 8 heterocycles. The van der Waals surface area contributed by atoms with Gasteiger partial charge < -0.3 is 39.1 Å². The highest BCUT2D eigenvalue weighted by Gasteiger charge is 2.42. The second kappa shape index (κ2) is 36.8. The summed E-state index contributed by atoms with van der Waals surface area (Å²) in [6.07, 6.45) is 27.0. The Morgan fingerprint density at radius 1 is 0.266 bits per heavy atom. The molecule has 2 N–H and O–H groups in total. The largest absolute Gasteiger partial charge is 0.490 e. The van der Waals surface area contributed by atoms with Gasteiger partial charge in [-0.05, 0) is 147 Å². The van der Waals surface area contributed by atoms with E-state index in [-0.39, 0.29) is 11.8 Å². The molecule has 0 spiro atoms. The maximum Gasteiger partial charge on any atom is 0.258 e. The lowest BCUT2D eigenvalue weighted by Crippen LogP contribution is -2.20. The van der Waals surface area contributed by atoms with Crippen LogP contribution in [0.4, 0.5) is 0 Å². The predicted octanol–water partition coefficient (Wildman–Crippen LogP) is 24.2. The fraction of sp³-hybridized carbons (Fsp3) is 0.462. The van der Waals surface area contributed by atoms with Crippen LogP contribution < -0.4 is 39.1 Å². The summed E-state index contributed by atoms with van der Waals surface area (Å²) in [6.45, 7) is 17.2. The van der Waals surface area contributed by atoms with Gasteiger partial charge in [-0.3, -0.25) is 9.59 Å². The monoisotopic (exact) mass is 1380 g/mol. The molecule has 2 aliphatic rings. The van der Waals surface area contributed by atoms with Crippen LogP contribution in [0.5, 0.6) is 34.5 Å². The maximum absolute atomic E-state index is 14.0. The Labute approximate surface area is 583 Å². The van der Waals surface area contributed by atoms with Crippen LogP contribution in [-0.4, -0.2) is 51.5 Å². The molecule has 0 fully saturated rings. The molecule has 2 amide bonds. The van der Waals surface area contributed by atoms with E-state index in [0.717, 1.165) is 162 Å². The number of unbranched alkanes of at least 4 members (excludes halogenated alkanes) is 18. The highest BCUT2D eigenvalue weighted by molar-refractivity contribution is 7.28. The van der Waals surface area contributed by atoms with E-state index in [4.69, 9.17) is 28.4 Å². The molecule has 2 aromatic carbocycles. The molecule has 16 heteroatoms. The quantitative estimate of drug-likeness (QED) is 0.0363. The zero-order valence-electron chi connectivity index (χ0n) is 56.2. The van der Waals surface area contributed by atoms with Crippen LogP contribution in [-0.2, 0) is 9.59 Å². The first-order chi connectivity index (χ1) is 46.2. The van der Waals surface area contributed by atoms with Crippen molar-refractivity contribution in [3.05, 3.63) is 118 Å². The predicted molar refractivity (Wildman–Crippen MR) is 401 cm³/mol. The number of hydrogen-bond acceptors (Lipinski definition) is 14. The Kier molecular flexibility index (Phi) is 27.7. The molecule has 10 rings (SSSR count). The van der Waals surface area contributed by atoms with E-state index in [1.54, 1.807) is 68.0 Å². The summed E-state index contributed by atoms with van der Waals surface area (Å²) >= 11 is 10.2. The van der Waals surface area contributed by atoms with Crippen LogP contribution in [0.1, 0.15) is 205 Å². The molecule has 0 aliphatic carbocycles. The summed E-state index contributed by atoms with van der Waals surface area (Å²) in [5, 5.41) is 6.22. The van der Waals surface area contributed by atoms with Gasteiger partial charge in [-0.1, -0.05) is 157 Å². The molecule has 502 valence electrons. The van der Waals surface area contributed by atoms with Gasteiger partial charge in [-0.2, -0.15) is 0 Å². The number of benzene rings is 2. The number of amides is 2. The van der Waals surface area contributed by atoms with Crippen molar-refractivity contribution in [3.63, 3.8) is 0 Å². The number of fused-ring (bicyclic) bond motifs is 1. The minimum absolute atomic E-state index is 0.274. The zero-order valence-corrected chi connectivity index (χ0v) is 61.1. The SMILES string of the molecule is CCCCCCOc1cc(-c2ccc(-c3ccc(-c4ccc(C5=C6C(=O)NC(c7ccc(-c8ccc(-c9ccc(-c%10cc(OCCCCCC)c(OCCCCCC)c(OCCCCCC)c%10)s9)s8)s7)=C6C(=O)N5)s4)s3)s2)cc(OCCCCCC)c1OCCCCCC. The van der Waals surface area contributed by atoms with E-state index in [1.807, 2.05) is 12.1 Å². The van der Waals surface area contributed by atoms with Gasteiger partial charge in [0.25, 0.3) is 11.8 Å². The number of rotatable bonds is 44. The van der Waals surface area contributed by atoms with Gasteiger partial charge in [0.15, 0.2) is 23.0 Å². The van der Waals surface area contributed by atoms with E-state index in [1.165, 1.54) is 96.6 Å². The number of hydrogen-bond donors (Lipinski definition) is 2. The van der Waals surface area contributed by atoms with Crippen LogP contribution in [0, 0.1) is 0 Å². The first-order valence-electron chi connectivity index (χ1n) is 35.1. The minimum Gasteiger partial charge on any atom is -0.490 e. The normalized spacial score (nSPS) is 12.9. The summed E-state index contributed by atoms with van der Waals surface area (Å²) in [6, 6.07) is 34.4. The van der Waals surface area contributed by atoms with Gasteiger partial charge in [0.05, 0.1) is 71.9 Å². The Bertz CT molecular complexity index is 3460. The lowest BCUT2D eigenvalue weighted by molar-refractivity contribution is -0.117. The summed E-state index contributed by atoms with van der Waals surface area (Å²) < 4.78 is 39.4. The Balaban J connectivity index is 0.839. The van der Waals surface area contributed by atoms with Crippen molar-refractivity contribution in [1.29, 1.82) is 0 Å². The standard InChI is InChI=1S/C78H96N2O8S6/c1-7-13-19-25-43-83-55-49-53(50-56(84-44-26-20-14-8-2)75(55)87-47-29-23-17-11-5)59-31-33-61(89-59)63-35-37-65(91-63)67-39-41-69(93-67)73-71-72(78(82)79-73)74(80-77(71)81)70-42-40-68(94-70)66-38-36-64(92-66)62-34-32-60(90-62)54-51-57(85-45-27-21-15-9-3)76(88-48-30-24-18-12-6)58(52-54)86-46-28-22-16-10-4/h31-42,49-52H,7-30,43-48H2,1-6H3,(H,79,82)(H,80,81). The number of thiophene rings is 6. The van der Waals surface area contributed by atoms with Gasteiger partial charge in [0.2, 0.25) is 11.5 Å². The highest BCUT2D eigenvalue weighted by atomic mass is 32.1. The van der Waals surface area contributed by atoms with Gasteiger partial charge in [-0.25, -0.2) is 0 Å². The lowest BCUT2D eigenvalue weighted by Gasteiger charge is -2.19. The second-order valence-corrected chi connectivity index (χ2v) is 31.0. The molecule has 2 aliphatic heterocycles. The molecule has 0 radical (unpaired) electrons. The second-order valence-electron chi connectivity index (χ2n) is 24.4. The van der Waals surface area contributed by atoms with E-state index < -0.39 is 0 Å². The molecule has 0 atom stereocenters. The summed E-state index contributed by atoms with van der Waals surface area (Å²) in [7, 11) is 0. The van der Waals surface area contributed by atoms with Gasteiger partial charge in [-0.15, -0.1) is 68.0 Å². The van der Waals surface area contributed by atoms with E-state index in [9.17, 15) is 9.59 Å². The molecule has 0 bridgehead atoms. The van der Waals surface area contributed by atoms with Crippen LogP contribution in [0.25, 0.3) is 71.3 Å². The number of nitrogens with one attached hydrogen (secondary N) is 2. The van der Waals surface area contributed by atoms with Crippen LogP contribution in [0.3, 0.4) is 0 Å². The van der Waals surface area contributed by atoms with Crippen molar-refractivity contribution < 1.29 is 38.0 Å². The fourth-order valence-electron chi connectivity index (χ4n) is 11.6. The summed E-state index contributed by atoms with van der Waals surface area (Å²) in [4.78, 5) is 41.0. The van der Waals surface area contributed by atoms with Crippen LogP contribution in [0.15, 0.2) is 108 Å². The topological polar surface area (TPSA) is 114 Å². The molecule has 0 saturated carbocycles. The summed E-state index contributed by atoms with van der Waals surface area (Å²) in [5.41, 5.74) is 4.02. The first kappa shape index (κ1) is 70.7. The van der Waals surface area contributed by atoms with E-state index in [2.05, 4.69) is 137 Å². The van der Waals surface area contributed by atoms with E-state index in [0.29, 0.717) is 62.2 Å². The summed E-state index contributed by atoms with van der Waals surface area (Å²) in [5.74, 6) is 3.92. The van der Waals surface area contributed by atoms with E-state index >= 15 is 0 Å². The maximum atomic E-state index is 14.0. The molecule has 0 unspecified atom stereocenters. The fourth-order valence-corrected chi connectivity index (χ4v) is 18.0. The van der Waals surface area contributed by atoms with Gasteiger partial charge in [0.1, 0.15) is 0 Å². The zero-order chi connectivity index (χ0) is 65.4. The first-order valence-corrected chi connectivity index (χ1v) is 40.0. The van der Waals surface area contributed by atoms with Crippen molar-refractivity contribution >= 4 is 91.2 Å². The Hall–Kier alpha value is -6.14. The van der Waals surface area contributed by atoms with Crippen LogP contribution >= 0.6 is 68.0 Å². The smallest absolute Gasteiger partial charge is 0.258 e. The molecule has 10 nitrogen and oxygen atoms in total. The van der Waals surface area contributed by atoms with Crippen molar-refractivity contribution in [3.8, 4) is 94.4 Å². The molecular formula is C78H96N2O8S6. The molecule has 8 aromatic rings. The highest BCUT2D eigenvalue weighted by Crippen LogP contribution is 2.50. The Morgan fingerprint density at radius 2 is 0.479 bits per heavy atom. The van der Waals surface area contributed by atoms with Crippen molar-refractivity contribution in [2.24, 2.45) is 0 Å². The molecule has 94 heavy (non-hydrogen) atoms. The lowest BCUT2D eigenvalue weighted by atomic mass is 10.1. The number of ether oxygens (including phenoxy) is 6. The van der Waals surface area contributed by atoms with Gasteiger partial charge >= 0.3 is 0 Å². The Morgan fingerprint density at radius 3 is 0.734 bits per heavy atom. The molecule has 0 saturated heterocycles.